The standard InChI is InChI=1S/C60H39N3/c1-5-17-40(18-6-1)41-29-31-42(32-30-41)54-39-55(63-59(62-54)45-19-7-2-8-20-45)43-33-35-44(36-34-43)58-50-37-38-52-57(56(50)49-26-14-16-28-53(49)61-58)48-25-13-15-27-51(48)60(52,46-21-9-3-10-22-46)47-23-11-4-12-24-47/h1-39H. The van der Waals surface area contributed by atoms with E-state index in [1.807, 2.05) is 24.3 Å². The summed E-state index contributed by atoms with van der Waals surface area (Å²) in [5.74, 6) is 0.692. The van der Waals surface area contributed by atoms with Gasteiger partial charge in [0.25, 0.3) is 0 Å². The second-order valence-corrected chi connectivity index (χ2v) is 16.3. The molecule has 11 aromatic rings. The summed E-state index contributed by atoms with van der Waals surface area (Å²) in [7, 11) is 0. The summed E-state index contributed by atoms with van der Waals surface area (Å²) < 4.78 is 0. The molecule has 0 N–H and O–H groups in total. The second kappa shape index (κ2) is 15.0. The molecule has 1 aliphatic rings. The van der Waals surface area contributed by atoms with Gasteiger partial charge in [-0.1, -0.05) is 224 Å². The first-order valence-corrected chi connectivity index (χ1v) is 21.5. The zero-order valence-electron chi connectivity index (χ0n) is 34.4. The molecule has 0 spiro atoms. The Kier molecular flexibility index (Phi) is 8.72. The summed E-state index contributed by atoms with van der Waals surface area (Å²) in [6.45, 7) is 0. The summed E-state index contributed by atoms with van der Waals surface area (Å²) in [5, 5.41) is 3.50. The average Bonchev–Trinajstić information content (AvgIpc) is 3.68. The summed E-state index contributed by atoms with van der Waals surface area (Å²) in [4.78, 5) is 15.7. The molecule has 0 saturated carbocycles. The SMILES string of the molecule is c1ccc(-c2ccc(-c3cc(-c4ccc(-c5nc6ccccc6c6c7c(ccc56)C(c5ccccc5)(c5ccccc5)c5ccccc5-7)cc4)nc(-c4ccccc4)n3)cc2)cc1. The number of hydrogen-bond acceptors (Lipinski definition) is 3. The summed E-state index contributed by atoms with van der Waals surface area (Å²) >= 11 is 0. The van der Waals surface area contributed by atoms with Crippen molar-refractivity contribution in [3.05, 3.63) is 259 Å². The largest absolute Gasteiger partial charge is 0.247 e. The molecule has 1 aliphatic carbocycles. The molecule has 0 aliphatic heterocycles. The molecule has 9 aromatic carbocycles. The Hall–Kier alpha value is -8.27. The van der Waals surface area contributed by atoms with Gasteiger partial charge in [-0.25, -0.2) is 15.0 Å². The molecule has 0 amide bonds. The fourth-order valence-electron chi connectivity index (χ4n) is 9.92. The summed E-state index contributed by atoms with van der Waals surface area (Å²) in [6, 6.07) is 84.5. The molecule has 0 unspecified atom stereocenters. The molecule has 0 fully saturated rings. The number of aromatic nitrogens is 3. The normalized spacial score (nSPS) is 12.6. The zero-order valence-corrected chi connectivity index (χ0v) is 34.4. The number of nitrogens with zero attached hydrogens (tertiary/aromatic N) is 3. The van der Waals surface area contributed by atoms with Crippen LogP contribution in [-0.2, 0) is 5.41 Å². The van der Waals surface area contributed by atoms with Gasteiger partial charge in [-0.05, 0) is 56.6 Å². The first kappa shape index (κ1) is 36.6. The minimum Gasteiger partial charge on any atom is -0.247 e. The van der Waals surface area contributed by atoms with E-state index in [1.54, 1.807) is 0 Å². The smallest absolute Gasteiger partial charge is 0.160 e. The van der Waals surface area contributed by atoms with Gasteiger partial charge in [-0.2, -0.15) is 0 Å². The van der Waals surface area contributed by atoms with Crippen molar-refractivity contribution in [3.8, 4) is 67.4 Å². The van der Waals surface area contributed by atoms with E-state index in [9.17, 15) is 0 Å². The van der Waals surface area contributed by atoms with Gasteiger partial charge in [0.15, 0.2) is 5.82 Å². The summed E-state index contributed by atoms with van der Waals surface area (Å²) in [6.07, 6.45) is 0. The molecule has 12 rings (SSSR count). The van der Waals surface area contributed by atoms with E-state index < -0.39 is 5.41 Å². The third kappa shape index (κ3) is 6.01. The van der Waals surface area contributed by atoms with Gasteiger partial charge >= 0.3 is 0 Å². The maximum Gasteiger partial charge on any atom is 0.160 e. The van der Waals surface area contributed by atoms with Gasteiger partial charge in [-0.15, -0.1) is 0 Å². The second-order valence-electron chi connectivity index (χ2n) is 16.3. The van der Waals surface area contributed by atoms with Crippen LogP contribution in [0.1, 0.15) is 22.3 Å². The van der Waals surface area contributed by atoms with E-state index in [-0.39, 0.29) is 0 Å². The van der Waals surface area contributed by atoms with Gasteiger partial charge in [-0.3, -0.25) is 0 Å². The van der Waals surface area contributed by atoms with Crippen LogP contribution in [0.15, 0.2) is 237 Å². The van der Waals surface area contributed by atoms with E-state index in [4.69, 9.17) is 15.0 Å². The average molecular weight is 802 g/mol. The predicted octanol–water partition coefficient (Wildman–Crippen LogP) is 14.9. The number of fused-ring (bicyclic) bond motifs is 7. The van der Waals surface area contributed by atoms with Crippen LogP contribution in [0.25, 0.3) is 89.1 Å². The molecular formula is C60H39N3. The molecule has 0 bridgehead atoms. The highest BCUT2D eigenvalue weighted by Gasteiger charge is 2.46. The van der Waals surface area contributed by atoms with Crippen LogP contribution >= 0.6 is 0 Å². The number of benzene rings is 9. The molecule has 294 valence electrons. The highest BCUT2D eigenvalue weighted by Crippen LogP contribution is 2.58. The number of pyridine rings is 1. The highest BCUT2D eigenvalue weighted by atomic mass is 14.9. The van der Waals surface area contributed by atoms with Gasteiger partial charge in [0.1, 0.15) is 0 Å². The van der Waals surface area contributed by atoms with Crippen molar-refractivity contribution in [3.63, 3.8) is 0 Å². The summed E-state index contributed by atoms with van der Waals surface area (Å²) in [5.41, 5.74) is 17.2. The molecule has 0 saturated heterocycles. The molecule has 0 atom stereocenters. The third-order valence-electron chi connectivity index (χ3n) is 12.8. The van der Waals surface area contributed by atoms with E-state index in [0.717, 1.165) is 55.6 Å². The van der Waals surface area contributed by atoms with Crippen LogP contribution in [-0.4, -0.2) is 15.0 Å². The van der Waals surface area contributed by atoms with Gasteiger partial charge in [0.2, 0.25) is 0 Å². The topological polar surface area (TPSA) is 38.7 Å². The number of hydrogen-bond donors (Lipinski definition) is 0. The fraction of sp³-hybridized carbons (Fsp3) is 0.0167. The lowest BCUT2D eigenvalue weighted by atomic mass is 9.67. The molecule has 2 aromatic heterocycles. The Morgan fingerprint density at radius 1 is 0.317 bits per heavy atom. The molecule has 0 radical (unpaired) electrons. The molecule has 63 heavy (non-hydrogen) atoms. The lowest BCUT2D eigenvalue weighted by molar-refractivity contribution is 0.769. The van der Waals surface area contributed by atoms with Gasteiger partial charge in [0.05, 0.1) is 28.0 Å². The quantitative estimate of drug-likeness (QED) is 0.151. The van der Waals surface area contributed by atoms with Crippen LogP contribution in [0.2, 0.25) is 0 Å². The van der Waals surface area contributed by atoms with Crippen LogP contribution < -0.4 is 0 Å². The van der Waals surface area contributed by atoms with Crippen molar-refractivity contribution in [1.29, 1.82) is 0 Å². The Balaban J connectivity index is 1.02. The lowest BCUT2D eigenvalue weighted by Crippen LogP contribution is -2.28. The van der Waals surface area contributed by atoms with Crippen LogP contribution in [0.5, 0.6) is 0 Å². The van der Waals surface area contributed by atoms with Gasteiger partial charge < -0.3 is 0 Å². The van der Waals surface area contributed by atoms with Crippen LogP contribution in [0.3, 0.4) is 0 Å². The van der Waals surface area contributed by atoms with Crippen LogP contribution in [0.4, 0.5) is 0 Å². The monoisotopic (exact) mass is 801 g/mol. The minimum absolute atomic E-state index is 0.492. The van der Waals surface area contributed by atoms with Crippen molar-refractivity contribution < 1.29 is 0 Å². The van der Waals surface area contributed by atoms with Crippen molar-refractivity contribution in [2.24, 2.45) is 0 Å². The van der Waals surface area contributed by atoms with E-state index in [1.165, 1.54) is 49.9 Å². The van der Waals surface area contributed by atoms with E-state index in [2.05, 4.69) is 212 Å². The predicted molar refractivity (Wildman–Crippen MR) is 259 cm³/mol. The Morgan fingerprint density at radius 3 is 1.44 bits per heavy atom. The minimum atomic E-state index is -0.492. The first-order chi connectivity index (χ1) is 31.2. The zero-order chi connectivity index (χ0) is 41.7. The third-order valence-corrected chi connectivity index (χ3v) is 12.8. The molecule has 2 heterocycles. The van der Waals surface area contributed by atoms with Crippen molar-refractivity contribution in [1.82, 2.24) is 15.0 Å². The van der Waals surface area contributed by atoms with Crippen molar-refractivity contribution in [2.75, 3.05) is 0 Å². The van der Waals surface area contributed by atoms with E-state index >= 15 is 0 Å². The Labute approximate surface area is 366 Å². The number of para-hydroxylation sites is 1. The number of rotatable bonds is 7. The molecular weight excluding hydrogens is 763 g/mol. The van der Waals surface area contributed by atoms with Crippen molar-refractivity contribution >= 4 is 21.7 Å². The fourth-order valence-corrected chi connectivity index (χ4v) is 9.92. The lowest BCUT2D eigenvalue weighted by Gasteiger charge is -2.34. The molecule has 3 heteroatoms. The maximum atomic E-state index is 5.42. The van der Waals surface area contributed by atoms with Crippen molar-refractivity contribution in [2.45, 2.75) is 5.41 Å². The van der Waals surface area contributed by atoms with Gasteiger partial charge in [0, 0.05) is 38.4 Å². The maximum absolute atomic E-state index is 5.42. The Bertz CT molecular complexity index is 3420. The van der Waals surface area contributed by atoms with E-state index in [0.29, 0.717) is 5.82 Å². The molecule has 3 nitrogen and oxygen atoms in total. The highest BCUT2D eigenvalue weighted by molar-refractivity contribution is 6.19. The Morgan fingerprint density at radius 2 is 0.810 bits per heavy atom. The van der Waals surface area contributed by atoms with Crippen LogP contribution in [0, 0.1) is 0 Å². The first-order valence-electron chi connectivity index (χ1n) is 21.5.